The molecule has 0 radical (unpaired) electrons. The van der Waals surface area contributed by atoms with Gasteiger partial charge in [-0.25, -0.2) is 0 Å². The van der Waals surface area contributed by atoms with E-state index in [0.717, 1.165) is 55.2 Å². The molecule has 1 fully saturated rings. The highest BCUT2D eigenvalue weighted by Crippen LogP contribution is 2.35. The van der Waals surface area contributed by atoms with Crippen LogP contribution in [0.1, 0.15) is 47.7 Å². The maximum absolute atomic E-state index is 10.5. The highest BCUT2D eigenvalue weighted by Gasteiger charge is 2.30. The molecule has 1 saturated heterocycles. The second kappa shape index (κ2) is 9.97. The van der Waals surface area contributed by atoms with Crippen LogP contribution in [0, 0.1) is 6.92 Å². The first kappa shape index (κ1) is 22.7. The molecule has 0 aliphatic carbocycles. The molecule has 1 aliphatic rings. The SMILES string of the molecule is CCc1ccc(C2CN(Cc3cccc(C)c3O)CCN2c2ccc(Cl)cc2CC)cc1. The summed E-state index contributed by atoms with van der Waals surface area (Å²) in [7, 11) is 0. The van der Waals surface area contributed by atoms with Crippen LogP contribution in [0.5, 0.6) is 5.75 Å². The van der Waals surface area contributed by atoms with Gasteiger partial charge in [0.25, 0.3) is 0 Å². The number of phenols is 1. The molecule has 1 aliphatic heterocycles. The van der Waals surface area contributed by atoms with Gasteiger partial charge in [0.05, 0.1) is 6.04 Å². The lowest BCUT2D eigenvalue weighted by molar-refractivity contribution is 0.213. The lowest BCUT2D eigenvalue weighted by atomic mass is 9.97. The van der Waals surface area contributed by atoms with Gasteiger partial charge in [-0.1, -0.05) is 67.9 Å². The van der Waals surface area contributed by atoms with Crippen molar-refractivity contribution in [3.8, 4) is 5.75 Å². The van der Waals surface area contributed by atoms with Crippen molar-refractivity contribution in [3.05, 3.63) is 93.5 Å². The number of benzene rings is 3. The second-order valence-electron chi connectivity index (χ2n) is 8.75. The number of halogens is 1. The quantitative estimate of drug-likeness (QED) is 0.463. The van der Waals surface area contributed by atoms with Crippen molar-refractivity contribution in [2.24, 2.45) is 0 Å². The molecule has 0 aromatic heterocycles. The Morgan fingerprint density at radius 2 is 1.72 bits per heavy atom. The minimum atomic E-state index is 0.244. The number of phenolic OH excluding ortho intramolecular Hbond substituents is 1. The molecule has 32 heavy (non-hydrogen) atoms. The Hall–Kier alpha value is -2.49. The van der Waals surface area contributed by atoms with Crippen molar-refractivity contribution in [3.63, 3.8) is 0 Å². The normalized spacial score (nSPS) is 17.0. The van der Waals surface area contributed by atoms with Crippen molar-refractivity contribution in [2.75, 3.05) is 24.5 Å². The molecule has 4 heteroatoms. The largest absolute Gasteiger partial charge is 0.507 e. The Bertz CT molecular complexity index is 1060. The number of hydrogen-bond acceptors (Lipinski definition) is 3. The van der Waals surface area contributed by atoms with Crippen LogP contribution in [0.25, 0.3) is 0 Å². The van der Waals surface area contributed by atoms with Gasteiger partial charge in [-0.2, -0.15) is 0 Å². The van der Waals surface area contributed by atoms with Crippen molar-refractivity contribution in [1.29, 1.82) is 0 Å². The van der Waals surface area contributed by atoms with Crippen molar-refractivity contribution < 1.29 is 5.11 Å². The summed E-state index contributed by atoms with van der Waals surface area (Å²) in [6.07, 6.45) is 2.00. The molecular formula is C28H33ClN2O. The fourth-order valence-corrected chi connectivity index (χ4v) is 4.93. The van der Waals surface area contributed by atoms with E-state index in [4.69, 9.17) is 11.6 Å². The van der Waals surface area contributed by atoms with E-state index in [9.17, 15) is 5.11 Å². The first-order valence-electron chi connectivity index (χ1n) is 11.6. The van der Waals surface area contributed by atoms with Crippen molar-refractivity contribution in [1.82, 2.24) is 4.90 Å². The molecule has 1 unspecified atom stereocenters. The molecule has 3 aromatic rings. The van der Waals surface area contributed by atoms with Crippen LogP contribution < -0.4 is 4.90 Å². The minimum absolute atomic E-state index is 0.244. The highest BCUT2D eigenvalue weighted by molar-refractivity contribution is 6.30. The maximum Gasteiger partial charge on any atom is 0.122 e. The molecule has 0 spiro atoms. The van der Waals surface area contributed by atoms with Gasteiger partial charge in [0.15, 0.2) is 0 Å². The predicted molar refractivity (Wildman–Crippen MR) is 135 cm³/mol. The Kier molecular flexibility index (Phi) is 7.07. The number of nitrogens with zero attached hydrogens (tertiary/aromatic N) is 2. The van der Waals surface area contributed by atoms with Crippen LogP contribution in [-0.4, -0.2) is 29.6 Å². The summed E-state index contributed by atoms with van der Waals surface area (Å²) in [5, 5.41) is 11.3. The van der Waals surface area contributed by atoms with Crippen LogP contribution in [0.4, 0.5) is 5.69 Å². The summed E-state index contributed by atoms with van der Waals surface area (Å²) >= 11 is 6.31. The van der Waals surface area contributed by atoms with E-state index in [2.05, 4.69) is 60.0 Å². The first-order chi connectivity index (χ1) is 15.5. The summed E-state index contributed by atoms with van der Waals surface area (Å²) < 4.78 is 0. The van der Waals surface area contributed by atoms with E-state index >= 15 is 0 Å². The third-order valence-corrected chi connectivity index (χ3v) is 6.92. The number of rotatable bonds is 6. The molecule has 1 atom stereocenters. The van der Waals surface area contributed by atoms with Crippen molar-refractivity contribution in [2.45, 2.75) is 46.2 Å². The van der Waals surface area contributed by atoms with Gasteiger partial charge in [0.2, 0.25) is 0 Å². The van der Waals surface area contributed by atoms with E-state index in [1.165, 1.54) is 22.4 Å². The Morgan fingerprint density at radius 1 is 0.938 bits per heavy atom. The zero-order chi connectivity index (χ0) is 22.7. The minimum Gasteiger partial charge on any atom is -0.507 e. The fraction of sp³-hybridized carbons (Fsp3) is 0.357. The molecule has 3 nitrogen and oxygen atoms in total. The first-order valence-corrected chi connectivity index (χ1v) is 12.0. The number of aromatic hydroxyl groups is 1. The van der Waals surface area contributed by atoms with E-state index in [-0.39, 0.29) is 6.04 Å². The second-order valence-corrected chi connectivity index (χ2v) is 9.19. The predicted octanol–water partition coefficient (Wildman–Crippen LogP) is 6.54. The van der Waals surface area contributed by atoms with Gasteiger partial charge in [-0.05, 0) is 60.2 Å². The molecule has 3 aromatic carbocycles. The van der Waals surface area contributed by atoms with Gasteiger partial charge < -0.3 is 10.0 Å². The molecule has 1 heterocycles. The number of hydrogen-bond donors (Lipinski definition) is 1. The summed E-state index contributed by atoms with van der Waals surface area (Å²) in [5.74, 6) is 0.421. The lowest BCUT2D eigenvalue weighted by Gasteiger charge is -2.44. The zero-order valence-electron chi connectivity index (χ0n) is 19.3. The monoisotopic (exact) mass is 448 g/mol. The average Bonchev–Trinajstić information content (AvgIpc) is 2.82. The van der Waals surface area contributed by atoms with Gasteiger partial charge in [0.1, 0.15) is 5.75 Å². The van der Waals surface area contributed by atoms with Crippen LogP contribution in [0.3, 0.4) is 0 Å². The molecule has 0 saturated carbocycles. The van der Waals surface area contributed by atoms with Gasteiger partial charge in [-0.3, -0.25) is 4.90 Å². The van der Waals surface area contributed by atoms with E-state index in [1.54, 1.807) is 0 Å². The smallest absolute Gasteiger partial charge is 0.122 e. The summed E-state index contributed by atoms with van der Waals surface area (Å²) in [4.78, 5) is 5.01. The van der Waals surface area contributed by atoms with Crippen molar-refractivity contribution >= 4 is 17.3 Å². The molecule has 0 amide bonds. The molecular weight excluding hydrogens is 416 g/mol. The lowest BCUT2D eigenvalue weighted by Crippen LogP contribution is -2.48. The number of anilines is 1. The third-order valence-electron chi connectivity index (χ3n) is 6.68. The fourth-order valence-electron chi connectivity index (χ4n) is 4.74. The van der Waals surface area contributed by atoms with Crippen LogP contribution in [0.2, 0.25) is 5.02 Å². The van der Waals surface area contributed by atoms with E-state index < -0.39 is 0 Å². The summed E-state index contributed by atoms with van der Waals surface area (Å²) in [6, 6.07) is 21.6. The molecule has 168 valence electrons. The Labute approximate surface area is 197 Å². The number of aryl methyl sites for hydroxylation is 3. The van der Waals surface area contributed by atoms with E-state index in [0.29, 0.717) is 5.75 Å². The highest BCUT2D eigenvalue weighted by atomic mass is 35.5. The van der Waals surface area contributed by atoms with E-state index in [1.807, 2.05) is 31.2 Å². The molecule has 0 bridgehead atoms. The Balaban J connectivity index is 1.66. The zero-order valence-corrected chi connectivity index (χ0v) is 20.1. The maximum atomic E-state index is 10.5. The molecule has 4 rings (SSSR count). The summed E-state index contributed by atoms with van der Waals surface area (Å²) in [5.41, 5.74) is 7.19. The van der Waals surface area contributed by atoms with Crippen LogP contribution >= 0.6 is 11.6 Å². The number of piperazine rings is 1. The van der Waals surface area contributed by atoms with Gasteiger partial charge in [-0.15, -0.1) is 0 Å². The van der Waals surface area contributed by atoms with Crippen LogP contribution in [0.15, 0.2) is 60.7 Å². The average molecular weight is 449 g/mol. The Morgan fingerprint density at radius 3 is 2.44 bits per heavy atom. The topological polar surface area (TPSA) is 26.7 Å². The molecule has 1 N–H and O–H groups in total. The van der Waals surface area contributed by atoms with Gasteiger partial charge in [0, 0.05) is 42.5 Å². The summed E-state index contributed by atoms with van der Waals surface area (Å²) in [6.45, 7) is 9.89. The van der Waals surface area contributed by atoms with Crippen LogP contribution in [-0.2, 0) is 19.4 Å². The van der Waals surface area contributed by atoms with Gasteiger partial charge >= 0.3 is 0 Å². The third kappa shape index (κ3) is 4.79. The standard InChI is InChI=1S/C28H33ClN2O/c1-4-21-9-11-23(12-10-21)27-19-30(18-24-8-6-7-20(3)28(24)32)15-16-31(27)26-14-13-25(29)17-22(26)5-2/h6-14,17,27,32H,4-5,15-16,18-19H2,1-3H3. The number of para-hydroxylation sites is 1.